The predicted octanol–water partition coefficient (Wildman–Crippen LogP) is 3.72. The lowest BCUT2D eigenvalue weighted by atomic mass is 10.1. The van der Waals surface area contributed by atoms with Crippen molar-refractivity contribution in [2.45, 2.75) is 33.2 Å². The van der Waals surface area contributed by atoms with Gasteiger partial charge in [0.2, 0.25) is 0 Å². The van der Waals surface area contributed by atoms with Crippen molar-refractivity contribution < 1.29 is 4.74 Å². The molecule has 90 valence electrons. The van der Waals surface area contributed by atoms with E-state index in [1.54, 1.807) is 0 Å². The molecule has 2 nitrogen and oxygen atoms in total. The van der Waals surface area contributed by atoms with Crippen LogP contribution in [0.15, 0.2) is 22.7 Å². The van der Waals surface area contributed by atoms with Crippen LogP contribution in [-0.2, 0) is 6.54 Å². The van der Waals surface area contributed by atoms with Gasteiger partial charge in [-0.2, -0.15) is 0 Å². The first-order chi connectivity index (χ1) is 7.71. The van der Waals surface area contributed by atoms with E-state index in [0.717, 1.165) is 35.2 Å². The van der Waals surface area contributed by atoms with E-state index in [9.17, 15) is 0 Å². The van der Waals surface area contributed by atoms with E-state index < -0.39 is 0 Å². The van der Waals surface area contributed by atoms with Gasteiger partial charge in [-0.15, -0.1) is 0 Å². The maximum Gasteiger partial charge on any atom is 0.123 e. The Morgan fingerprint density at radius 1 is 1.31 bits per heavy atom. The van der Waals surface area contributed by atoms with Crippen LogP contribution in [0.4, 0.5) is 0 Å². The summed E-state index contributed by atoms with van der Waals surface area (Å²) in [6, 6.07) is 5.98. The molecule has 1 rings (SSSR count). The molecule has 0 amide bonds. The molecule has 0 unspecified atom stereocenters. The zero-order chi connectivity index (χ0) is 12.0. The van der Waals surface area contributed by atoms with Gasteiger partial charge < -0.3 is 10.5 Å². The van der Waals surface area contributed by atoms with Crippen LogP contribution in [0.1, 0.15) is 32.3 Å². The second-order valence-corrected chi connectivity index (χ2v) is 4.87. The zero-order valence-electron chi connectivity index (χ0n) is 10.0. The maximum atomic E-state index is 5.83. The highest BCUT2D eigenvalue weighted by molar-refractivity contribution is 9.10. The van der Waals surface area contributed by atoms with Gasteiger partial charge in [0.15, 0.2) is 0 Å². The first-order valence-corrected chi connectivity index (χ1v) is 6.61. The summed E-state index contributed by atoms with van der Waals surface area (Å²) in [6.07, 6.45) is 2.32. The summed E-state index contributed by atoms with van der Waals surface area (Å²) in [6.45, 7) is 5.69. The Bertz CT molecular complexity index is 324. The van der Waals surface area contributed by atoms with Crippen LogP contribution in [0.3, 0.4) is 0 Å². The van der Waals surface area contributed by atoms with E-state index in [1.165, 1.54) is 0 Å². The molecule has 1 aromatic rings. The van der Waals surface area contributed by atoms with Gasteiger partial charge >= 0.3 is 0 Å². The Kier molecular flexibility index (Phi) is 5.85. The van der Waals surface area contributed by atoms with Crippen molar-refractivity contribution >= 4 is 15.9 Å². The summed E-state index contributed by atoms with van der Waals surface area (Å²) in [5.41, 5.74) is 6.75. The average molecular weight is 286 g/mol. The Morgan fingerprint density at radius 3 is 2.56 bits per heavy atom. The molecule has 2 N–H and O–H groups in total. The number of hydrogen-bond donors (Lipinski definition) is 1. The topological polar surface area (TPSA) is 35.2 Å². The average Bonchev–Trinajstić information content (AvgIpc) is 2.31. The summed E-state index contributed by atoms with van der Waals surface area (Å²) in [4.78, 5) is 0. The van der Waals surface area contributed by atoms with Gasteiger partial charge in [-0.1, -0.05) is 42.6 Å². The Morgan fingerprint density at radius 2 is 2.00 bits per heavy atom. The summed E-state index contributed by atoms with van der Waals surface area (Å²) < 4.78 is 6.87. The Hall–Kier alpha value is -0.540. The molecule has 0 spiro atoms. The van der Waals surface area contributed by atoms with E-state index in [4.69, 9.17) is 10.5 Å². The second-order valence-electron chi connectivity index (χ2n) is 3.95. The van der Waals surface area contributed by atoms with Gasteiger partial charge in [-0.25, -0.2) is 0 Å². The highest BCUT2D eigenvalue weighted by atomic mass is 79.9. The monoisotopic (exact) mass is 285 g/mol. The molecule has 0 bridgehead atoms. The molecular weight excluding hydrogens is 266 g/mol. The number of rotatable bonds is 6. The molecule has 0 aliphatic carbocycles. The summed E-state index contributed by atoms with van der Waals surface area (Å²) in [7, 11) is 0. The van der Waals surface area contributed by atoms with E-state index in [2.05, 4.69) is 29.8 Å². The lowest BCUT2D eigenvalue weighted by Gasteiger charge is -2.16. The van der Waals surface area contributed by atoms with E-state index in [-0.39, 0.29) is 0 Å². The van der Waals surface area contributed by atoms with Crippen molar-refractivity contribution in [3.8, 4) is 5.75 Å². The molecule has 1 aromatic carbocycles. The maximum absolute atomic E-state index is 5.83. The van der Waals surface area contributed by atoms with Crippen molar-refractivity contribution in [2.75, 3.05) is 6.61 Å². The van der Waals surface area contributed by atoms with Gasteiger partial charge in [0.1, 0.15) is 5.75 Å². The molecule has 0 radical (unpaired) electrons. The van der Waals surface area contributed by atoms with E-state index in [0.29, 0.717) is 12.5 Å². The number of benzene rings is 1. The third kappa shape index (κ3) is 3.80. The minimum absolute atomic E-state index is 0.512. The molecule has 0 saturated carbocycles. The zero-order valence-corrected chi connectivity index (χ0v) is 11.6. The quantitative estimate of drug-likeness (QED) is 0.865. The fourth-order valence-electron chi connectivity index (χ4n) is 1.58. The molecule has 0 saturated heterocycles. The predicted molar refractivity (Wildman–Crippen MR) is 71.6 cm³/mol. The van der Waals surface area contributed by atoms with Crippen molar-refractivity contribution in [1.82, 2.24) is 0 Å². The van der Waals surface area contributed by atoms with Crippen molar-refractivity contribution in [3.05, 3.63) is 28.2 Å². The second kappa shape index (κ2) is 6.92. The minimum Gasteiger partial charge on any atom is -0.493 e. The van der Waals surface area contributed by atoms with Crippen LogP contribution in [0.25, 0.3) is 0 Å². The van der Waals surface area contributed by atoms with Crippen molar-refractivity contribution in [2.24, 2.45) is 11.7 Å². The number of ether oxygens (including phenoxy) is 1. The Labute approximate surface area is 106 Å². The fourth-order valence-corrected chi connectivity index (χ4v) is 1.99. The molecule has 0 aliphatic heterocycles. The molecule has 0 heterocycles. The van der Waals surface area contributed by atoms with Crippen LogP contribution in [0, 0.1) is 5.92 Å². The SMILES string of the molecule is CCC(CC)COc1ccc(Br)cc1CN. The molecular formula is C13H20BrNO. The lowest BCUT2D eigenvalue weighted by molar-refractivity contribution is 0.238. The molecule has 0 fully saturated rings. The first kappa shape index (κ1) is 13.5. The first-order valence-electron chi connectivity index (χ1n) is 5.82. The van der Waals surface area contributed by atoms with Crippen LogP contribution in [-0.4, -0.2) is 6.61 Å². The molecule has 0 atom stereocenters. The lowest BCUT2D eigenvalue weighted by Crippen LogP contribution is -2.11. The third-order valence-electron chi connectivity index (χ3n) is 2.87. The van der Waals surface area contributed by atoms with E-state index >= 15 is 0 Å². The molecule has 16 heavy (non-hydrogen) atoms. The largest absolute Gasteiger partial charge is 0.493 e. The van der Waals surface area contributed by atoms with Crippen LogP contribution >= 0.6 is 15.9 Å². The summed E-state index contributed by atoms with van der Waals surface area (Å²) in [5, 5.41) is 0. The smallest absolute Gasteiger partial charge is 0.123 e. The molecule has 0 aliphatic rings. The number of halogens is 1. The van der Waals surface area contributed by atoms with Crippen molar-refractivity contribution in [3.63, 3.8) is 0 Å². The fraction of sp³-hybridized carbons (Fsp3) is 0.538. The molecule has 3 heteroatoms. The summed E-state index contributed by atoms with van der Waals surface area (Å²) >= 11 is 3.43. The molecule has 0 aromatic heterocycles. The highest BCUT2D eigenvalue weighted by Gasteiger charge is 2.07. The third-order valence-corrected chi connectivity index (χ3v) is 3.36. The Balaban J connectivity index is 2.65. The highest BCUT2D eigenvalue weighted by Crippen LogP contribution is 2.23. The van der Waals surface area contributed by atoms with Gasteiger partial charge in [0.05, 0.1) is 6.61 Å². The van der Waals surface area contributed by atoms with Gasteiger partial charge in [0, 0.05) is 16.6 Å². The van der Waals surface area contributed by atoms with Crippen LogP contribution < -0.4 is 10.5 Å². The van der Waals surface area contributed by atoms with Crippen LogP contribution in [0.5, 0.6) is 5.75 Å². The normalized spacial score (nSPS) is 10.8. The van der Waals surface area contributed by atoms with Crippen molar-refractivity contribution in [1.29, 1.82) is 0 Å². The number of nitrogens with two attached hydrogens (primary N) is 1. The van der Waals surface area contributed by atoms with E-state index in [1.807, 2.05) is 18.2 Å². The van der Waals surface area contributed by atoms with Crippen LogP contribution in [0.2, 0.25) is 0 Å². The minimum atomic E-state index is 0.512. The summed E-state index contributed by atoms with van der Waals surface area (Å²) in [5.74, 6) is 1.55. The standard InChI is InChI=1S/C13H20BrNO/c1-3-10(4-2)9-16-13-6-5-12(14)7-11(13)8-15/h5-7,10H,3-4,8-9,15H2,1-2H3. The van der Waals surface area contributed by atoms with Gasteiger partial charge in [-0.05, 0) is 24.1 Å². The van der Waals surface area contributed by atoms with Gasteiger partial charge in [-0.3, -0.25) is 0 Å². The number of hydrogen-bond acceptors (Lipinski definition) is 2. The van der Waals surface area contributed by atoms with Gasteiger partial charge in [0.25, 0.3) is 0 Å².